The van der Waals surface area contributed by atoms with E-state index >= 15 is 0 Å². The molecule has 1 heterocycles. The molecule has 2 atom stereocenters. The Hall–Kier alpha value is 0.230. The van der Waals surface area contributed by atoms with E-state index in [4.69, 9.17) is 10.5 Å². The van der Waals surface area contributed by atoms with E-state index in [1.54, 1.807) is 0 Å². The molecule has 0 aliphatic carbocycles. The molecule has 0 aromatic heterocycles. The van der Waals surface area contributed by atoms with Crippen LogP contribution in [-0.4, -0.2) is 56.3 Å². The Kier molecular flexibility index (Phi) is 7.45. The summed E-state index contributed by atoms with van der Waals surface area (Å²) in [7, 11) is 2.20. The minimum absolute atomic E-state index is 0.536. The van der Waals surface area contributed by atoms with Crippen LogP contribution in [0.5, 0.6) is 0 Å². The zero-order chi connectivity index (χ0) is 11.8. The van der Waals surface area contributed by atoms with Gasteiger partial charge in [-0.25, -0.2) is 0 Å². The standard InChI is InChI=1S/C12H26N2OS/c1-14(12(8-13)5-7-16-2)9-11-4-3-6-15-10-11/h11-12H,3-10,13H2,1-2H3. The number of rotatable bonds is 7. The summed E-state index contributed by atoms with van der Waals surface area (Å²) in [5, 5.41) is 0. The second-order valence-electron chi connectivity index (χ2n) is 4.69. The van der Waals surface area contributed by atoms with Crippen LogP contribution in [-0.2, 0) is 4.74 Å². The Balaban J connectivity index is 2.26. The zero-order valence-corrected chi connectivity index (χ0v) is 11.5. The first-order valence-corrected chi connectivity index (χ1v) is 7.64. The SMILES string of the molecule is CSCCC(CN)N(C)CC1CCCOC1. The molecule has 2 N–H and O–H groups in total. The van der Waals surface area contributed by atoms with Crippen molar-refractivity contribution in [1.29, 1.82) is 0 Å². The van der Waals surface area contributed by atoms with Crippen molar-refractivity contribution in [3.8, 4) is 0 Å². The van der Waals surface area contributed by atoms with Crippen molar-refractivity contribution in [2.75, 3.05) is 45.4 Å². The average Bonchev–Trinajstić information content (AvgIpc) is 2.31. The number of ether oxygens (including phenoxy) is 1. The van der Waals surface area contributed by atoms with Crippen molar-refractivity contribution in [2.45, 2.75) is 25.3 Å². The fourth-order valence-corrected chi connectivity index (χ4v) is 2.79. The maximum atomic E-state index is 5.84. The molecule has 0 spiro atoms. The summed E-state index contributed by atoms with van der Waals surface area (Å²) in [6, 6.07) is 0.536. The fourth-order valence-electron chi connectivity index (χ4n) is 2.28. The van der Waals surface area contributed by atoms with E-state index in [9.17, 15) is 0 Å². The highest BCUT2D eigenvalue weighted by molar-refractivity contribution is 7.98. The lowest BCUT2D eigenvalue weighted by atomic mass is 10.0. The molecule has 1 saturated heterocycles. The lowest BCUT2D eigenvalue weighted by Gasteiger charge is -2.32. The van der Waals surface area contributed by atoms with Crippen LogP contribution in [0.1, 0.15) is 19.3 Å². The van der Waals surface area contributed by atoms with Crippen molar-refractivity contribution in [2.24, 2.45) is 11.7 Å². The van der Waals surface area contributed by atoms with Crippen LogP contribution < -0.4 is 5.73 Å². The lowest BCUT2D eigenvalue weighted by molar-refractivity contribution is 0.0365. The first kappa shape index (κ1) is 14.3. The van der Waals surface area contributed by atoms with Gasteiger partial charge in [0, 0.05) is 25.7 Å². The highest BCUT2D eigenvalue weighted by atomic mass is 32.2. The summed E-state index contributed by atoms with van der Waals surface area (Å²) < 4.78 is 5.52. The Morgan fingerprint density at radius 1 is 1.56 bits per heavy atom. The Morgan fingerprint density at radius 3 is 2.94 bits per heavy atom. The smallest absolute Gasteiger partial charge is 0.0506 e. The van der Waals surface area contributed by atoms with Gasteiger partial charge in [-0.2, -0.15) is 11.8 Å². The second-order valence-corrected chi connectivity index (χ2v) is 5.68. The van der Waals surface area contributed by atoms with Crippen LogP contribution in [0.15, 0.2) is 0 Å². The maximum absolute atomic E-state index is 5.84. The number of hydrogen-bond acceptors (Lipinski definition) is 4. The van der Waals surface area contributed by atoms with Crippen molar-refractivity contribution >= 4 is 11.8 Å². The highest BCUT2D eigenvalue weighted by Crippen LogP contribution is 2.16. The summed E-state index contributed by atoms with van der Waals surface area (Å²) in [5.41, 5.74) is 5.84. The van der Waals surface area contributed by atoms with Crippen molar-refractivity contribution in [3.63, 3.8) is 0 Å². The van der Waals surface area contributed by atoms with E-state index in [2.05, 4.69) is 18.2 Å². The largest absolute Gasteiger partial charge is 0.381 e. The normalized spacial score (nSPS) is 23.6. The molecule has 0 amide bonds. The van der Waals surface area contributed by atoms with Crippen molar-refractivity contribution < 1.29 is 4.74 Å². The fraction of sp³-hybridized carbons (Fsp3) is 1.00. The van der Waals surface area contributed by atoms with Gasteiger partial charge < -0.3 is 15.4 Å². The summed E-state index contributed by atoms with van der Waals surface area (Å²) in [6.07, 6.45) is 5.88. The van der Waals surface area contributed by atoms with Gasteiger partial charge in [0.2, 0.25) is 0 Å². The van der Waals surface area contributed by atoms with Gasteiger partial charge in [0.05, 0.1) is 6.61 Å². The van der Waals surface area contributed by atoms with Crippen LogP contribution >= 0.6 is 11.8 Å². The predicted octanol–water partition coefficient (Wildman–Crippen LogP) is 1.43. The molecule has 0 bridgehead atoms. The first-order valence-electron chi connectivity index (χ1n) is 6.25. The first-order chi connectivity index (χ1) is 7.77. The van der Waals surface area contributed by atoms with Gasteiger partial charge in [0.1, 0.15) is 0 Å². The Bertz CT molecular complexity index is 174. The minimum Gasteiger partial charge on any atom is -0.381 e. The molecule has 96 valence electrons. The topological polar surface area (TPSA) is 38.5 Å². The Morgan fingerprint density at radius 2 is 2.38 bits per heavy atom. The summed E-state index contributed by atoms with van der Waals surface area (Å²) in [6.45, 7) is 3.79. The summed E-state index contributed by atoms with van der Waals surface area (Å²) in [5.74, 6) is 1.91. The van der Waals surface area contributed by atoms with Gasteiger partial charge >= 0.3 is 0 Å². The van der Waals surface area contributed by atoms with Crippen LogP contribution in [0.25, 0.3) is 0 Å². The van der Waals surface area contributed by atoms with E-state index < -0.39 is 0 Å². The number of nitrogens with zero attached hydrogens (tertiary/aromatic N) is 1. The number of thioether (sulfide) groups is 1. The second kappa shape index (κ2) is 8.34. The molecule has 3 nitrogen and oxygen atoms in total. The van der Waals surface area contributed by atoms with Gasteiger partial charge in [-0.1, -0.05) is 0 Å². The van der Waals surface area contributed by atoms with Crippen molar-refractivity contribution in [1.82, 2.24) is 4.90 Å². The molecule has 4 heteroatoms. The minimum atomic E-state index is 0.536. The molecule has 1 aliphatic heterocycles. The molecule has 1 rings (SSSR count). The van der Waals surface area contributed by atoms with Gasteiger partial charge in [0.15, 0.2) is 0 Å². The number of hydrogen-bond donors (Lipinski definition) is 1. The van der Waals surface area contributed by atoms with Crippen LogP contribution in [0.3, 0.4) is 0 Å². The lowest BCUT2D eigenvalue weighted by Crippen LogP contribution is -2.42. The number of likely N-dealkylation sites (N-methyl/N-ethyl adjacent to an activating group) is 1. The van der Waals surface area contributed by atoms with Gasteiger partial charge in [-0.3, -0.25) is 0 Å². The predicted molar refractivity (Wildman–Crippen MR) is 72.0 cm³/mol. The molecule has 2 unspecified atom stereocenters. The molecule has 1 aliphatic rings. The molecule has 0 radical (unpaired) electrons. The van der Waals surface area contributed by atoms with E-state index in [-0.39, 0.29) is 0 Å². The van der Waals surface area contributed by atoms with Crippen LogP contribution in [0.4, 0.5) is 0 Å². The molecule has 1 fully saturated rings. The zero-order valence-electron chi connectivity index (χ0n) is 10.7. The van der Waals surface area contributed by atoms with Gasteiger partial charge in [-0.15, -0.1) is 0 Å². The average molecular weight is 246 g/mol. The molecule has 0 saturated carbocycles. The maximum Gasteiger partial charge on any atom is 0.0506 e. The third-order valence-corrected chi connectivity index (χ3v) is 4.00. The third kappa shape index (κ3) is 5.04. The molecular formula is C12H26N2OS. The van der Waals surface area contributed by atoms with Crippen LogP contribution in [0.2, 0.25) is 0 Å². The quantitative estimate of drug-likeness (QED) is 0.737. The van der Waals surface area contributed by atoms with Crippen molar-refractivity contribution in [3.05, 3.63) is 0 Å². The molecule has 16 heavy (non-hydrogen) atoms. The molecule has 0 aromatic rings. The van der Waals surface area contributed by atoms with E-state index in [1.165, 1.54) is 25.0 Å². The number of nitrogens with two attached hydrogens (primary N) is 1. The Labute approximate surface area is 104 Å². The molecule has 0 aromatic carbocycles. The van der Waals surface area contributed by atoms with Crippen LogP contribution in [0, 0.1) is 5.92 Å². The van der Waals surface area contributed by atoms with E-state index in [0.717, 1.165) is 26.3 Å². The summed E-state index contributed by atoms with van der Waals surface area (Å²) >= 11 is 1.90. The van der Waals surface area contributed by atoms with Gasteiger partial charge in [0.25, 0.3) is 0 Å². The monoisotopic (exact) mass is 246 g/mol. The van der Waals surface area contributed by atoms with Gasteiger partial charge in [-0.05, 0) is 44.2 Å². The van der Waals surface area contributed by atoms with E-state index in [0.29, 0.717) is 12.0 Å². The summed E-state index contributed by atoms with van der Waals surface area (Å²) in [4.78, 5) is 2.43. The molecular weight excluding hydrogens is 220 g/mol. The highest BCUT2D eigenvalue weighted by Gasteiger charge is 2.19. The van der Waals surface area contributed by atoms with E-state index in [1.807, 2.05) is 11.8 Å². The third-order valence-electron chi connectivity index (χ3n) is 3.35.